The Kier molecular flexibility index (Phi) is 3.61. The first-order chi connectivity index (χ1) is 17.2. The first-order valence-corrected chi connectivity index (χ1v) is 12.5. The van der Waals surface area contributed by atoms with E-state index in [0.29, 0.717) is 0 Å². The molecule has 0 amide bonds. The van der Waals surface area contributed by atoms with Crippen LogP contribution in [0.15, 0.2) is 109 Å². The van der Waals surface area contributed by atoms with Crippen LogP contribution in [0, 0.1) is 0 Å². The number of rotatable bonds is 1. The molecule has 6 aromatic rings. The molecule has 0 saturated carbocycles. The van der Waals surface area contributed by atoms with Gasteiger partial charge >= 0.3 is 0 Å². The maximum Gasteiger partial charge on any atom is 0.247 e. The monoisotopic (exact) mass is 445 g/mol. The molecule has 8 rings (SSSR count). The maximum atomic E-state index is 2.57. The lowest BCUT2D eigenvalue weighted by molar-refractivity contribution is 0.645. The van der Waals surface area contributed by atoms with E-state index in [4.69, 9.17) is 0 Å². The minimum absolute atomic E-state index is 0.0687. The molecule has 1 aromatic heterocycles. The molecule has 0 N–H and O–H groups in total. The predicted molar refractivity (Wildman–Crippen MR) is 149 cm³/mol. The van der Waals surface area contributed by atoms with E-state index in [1.54, 1.807) is 0 Å². The Labute approximate surface area is 205 Å². The summed E-state index contributed by atoms with van der Waals surface area (Å²) in [6, 6.07) is 40.6. The second kappa shape index (κ2) is 6.55. The molecule has 0 atom stereocenters. The molecule has 0 spiro atoms. The highest BCUT2D eigenvalue weighted by atomic mass is 15.0. The van der Waals surface area contributed by atoms with Crippen molar-refractivity contribution < 1.29 is 0 Å². The van der Waals surface area contributed by atoms with E-state index in [2.05, 4.69) is 128 Å². The van der Waals surface area contributed by atoms with E-state index in [-0.39, 0.29) is 12.1 Å². The lowest BCUT2D eigenvalue weighted by Crippen LogP contribution is -2.63. The van der Waals surface area contributed by atoms with Crippen LogP contribution in [0.25, 0.3) is 38.6 Å². The van der Waals surface area contributed by atoms with Crippen molar-refractivity contribution >= 4 is 44.9 Å². The van der Waals surface area contributed by atoms with Gasteiger partial charge in [0, 0.05) is 33.0 Å². The number of para-hydroxylation sites is 2. The van der Waals surface area contributed by atoms with Gasteiger partial charge in [-0.25, -0.2) is 0 Å². The van der Waals surface area contributed by atoms with Crippen molar-refractivity contribution in [3.63, 3.8) is 0 Å². The molecule has 3 heterocycles. The van der Waals surface area contributed by atoms with Crippen LogP contribution in [0.3, 0.4) is 0 Å². The Hall–Kier alpha value is -4.04. The minimum Gasteiger partial charge on any atom is -0.310 e. The van der Waals surface area contributed by atoms with Crippen LogP contribution in [-0.2, 0) is 5.41 Å². The van der Waals surface area contributed by atoms with Crippen molar-refractivity contribution in [2.24, 2.45) is 0 Å². The Bertz CT molecular complexity index is 1820. The van der Waals surface area contributed by atoms with E-state index in [1.165, 1.54) is 66.1 Å². The Morgan fingerprint density at radius 1 is 0.600 bits per heavy atom. The number of nitrogens with zero attached hydrogens (tertiary/aromatic N) is 1. The molecular formula is C33H24BN. The summed E-state index contributed by atoms with van der Waals surface area (Å²) < 4.78 is 2.57. The van der Waals surface area contributed by atoms with Crippen LogP contribution in [0.1, 0.15) is 25.0 Å². The molecule has 2 heteroatoms. The first kappa shape index (κ1) is 19.3. The van der Waals surface area contributed by atoms with Gasteiger partial charge < -0.3 is 4.57 Å². The maximum absolute atomic E-state index is 2.57. The lowest BCUT2D eigenvalue weighted by Gasteiger charge is -2.42. The molecular weight excluding hydrogens is 421 g/mol. The van der Waals surface area contributed by atoms with Crippen LogP contribution >= 0.6 is 0 Å². The highest BCUT2D eigenvalue weighted by Crippen LogP contribution is 2.42. The lowest BCUT2D eigenvalue weighted by atomic mass is 9.30. The zero-order valence-corrected chi connectivity index (χ0v) is 19.9. The van der Waals surface area contributed by atoms with Crippen LogP contribution in [-0.4, -0.2) is 11.3 Å². The van der Waals surface area contributed by atoms with Crippen LogP contribution < -0.4 is 16.4 Å². The zero-order valence-electron chi connectivity index (χ0n) is 19.9. The van der Waals surface area contributed by atoms with Crippen LogP contribution in [0.4, 0.5) is 0 Å². The number of fused-ring (bicyclic) bond motifs is 7. The molecule has 0 unspecified atom stereocenters. The minimum atomic E-state index is -0.0687. The molecule has 0 fully saturated rings. The van der Waals surface area contributed by atoms with Gasteiger partial charge in [-0.05, 0) is 33.7 Å². The summed E-state index contributed by atoms with van der Waals surface area (Å²) in [5, 5.41) is 2.67. The topological polar surface area (TPSA) is 4.93 Å². The molecule has 2 aliphatic heterocycles. The third-order valence-electron chi connectivity index (χ3n) is 8.47. The van der Waals surface area contributed by atoms with Crippen LogP contribution in [0.5, 0.6) is 0 Å². The van der Waals surface area contributed by atoms with Crippen molar-refractivity contribution in [1.29, 1.82) is 0 Å². The Morgan fingerprint density at radius 3 is 2.20 bits per heavy atom. The van der Waals surface area contributed by atoms with E-state index in [1.807, 2.05) is 0 Å². The average Bonchev–Trinajstić information content (AvgIpc) is 3.24. The van der Waals surface area contributed by atoms with E-state index >= 15 is 0 Å². The molecule has 2 aliphatic rings. The molecule has 1 nitrogen and oxygen atoms in total. The quantitative estimate of drug-likeness (QED) is 0.277. The number of benzene rings is 5. The average molecular weight is 445 g/mol. The van der Waals surface area contributed by atoms with E-state index < -0.39 is 0 Å². The van der Waals surface area contributed by atoms with Crippen LogP contribution in [0.2, 0.25) is 0 Å². The van der Waals surface area contributed by atoms with Gasteiger partial charge in [0.25, 0.3) is 0 Å². The standard InChI is InChI=1S/C33H24BN/c1-33(2)25-15-7-8-16-27(25)34-28-17-10-14-24-23-13-6-9-18-29(23)35(31(24)28)32-22(19-20-26(33)30(32)34)21-11-4-3-5-12-21/h3-20H,1-2H3. The first-order valence-electron chi connectivity index (χ1n) is 12.5. The fourth-order valence-electron chi connectivity index (χ4n) is 6.99. The summed E-state index contributed by atoms with van der Waals surface area (Å²) in [5.74, 6) is 0. The van der Waals surface area contributed by atoms with E-state index in [9.17, 15) is 0 Å². The second-order valence-corrected chi connectivity index (χ2v) is 10.5. The molecule has 0 bridgehead atoms. The highest BCUT2D eigenvalue weighted by molar-refractivity contribution is 6.99. The largest absolute Gasteiger partial charge is 0.310 e. The zero-order chi connectivity index (χ0) is 23.3. The predicted octanol–water partition coefficient (Wildman–Crippen LogP) is 5.92. The third kappa shape index (κ3) is 2.30. The summed E-state index contributed by atoms with van der Waals surface area (Å²) in [4.78, 5) is 0. The van der Waals surface area contributed by atoms with Gasteiger partial charge in [-0.1, -0.05) is 122 Å². The van der Waals surface area contributed by atoms with Gasteiger partial charge in [0.05, 0.1) is 5.52 Å². The molecule has 5 aromatic carbocycles. The summed E-state index contributed by atoms with van der Waals surface area (Å²) >= 11 is 0. The Morgan fingerprint density at radius 2 is 1.31 bits per heavy atom. The normalized spacial score (nSPS) is 14.7. The molecule has 0 radical (unpaired) electrons. The van der Waals surface area contributed by atoms with Gasteiger partial charge in [0.15, 0.2) is 0 Å². The van der Waals surface area contributed by atoms with Gasteiger partial charge in [-0.3, -0.25) is 0 Å². The molecule has 35 heavy (non-hydrogen) atoms. The fourth-order valence-corrected chi connectivity index (χ4v) is 6.99. The van der Waals surface area contributed by atoms with Crippen molar-refractivity contribution in [2.75, 3.05) is 0 Å². The SMILES string of the molecule is CC1(C)c2ccccc2B2c3c1ccc(-c1ccccc1)c3-n1c3ccccc3c3cccc2c31. The van der Waals surface area contributed by atoms with Gasteiger partial charge in [-0.15, -0.1) is 0 Å². The molecule has 164 valence electrons. The summed E-state index contributed by atoms with van der Waals surface area (Å²) in [7, 11) is 0. The third-order valence-corrected chi connectivity index (χ3v) is 8.47. The van der Waals surface area contributed by atoms with Gasteiger partial charge in [0.1, 0.15) is 0 Å². The Balaban J connectivity index is 1.65. The van der Waals surface area contributed by atoms with Gasteiger partial charge in [0.2, 0.25) is 6.71 Å². The van der Waals surface area contributed by atoms with Crippen molar-refractivity contribution in [3.05, 3.63) is 120 Å². The second-order valence-electron chi connectivity index (χ2n) is 10.5. The summed E-state index contributed by atoms with van der Waals surface area (Å²) in [6.07, 6.45) is 0. The molecule has 0 saturated heterocycles. The summed E-state index contributed by atoms with van der Waals surface area (Å²) in [6.45, 7) is 5.02. The number of hydrogen-bond acceptors (Lipinski definition) is 0. The van der Waals surface area contributed by atoms with Crippen molar-refractivity contribution in [1.82, 2.24) is 4.57 Å². The van der Waals surface area contributed by atoms with E-state index in [0.717, 1.165) is 0 Å². The smallest absolute Gasteiger partial charge is 0.247 e. The van der Waals surface area contributed by atoms with Crippen molar-refractivity contribution in [2.45, 2.75) is 19.3 Å². The fraction of sp³-hybridized carbons (Fsp3) is 0.0909. The highest BCUT2D eigenvalue weighted by Gasteiger charge is 2.45. The van der Waals surface area contributed by atoms with Crippen molar-refractivity contribution in [3.8, 4) is 16.8 Å². The number of hydrogen-bond donors (Lipinski definition) is 0. The number of aromatic nitrogens is 1. The summed E-state index contributed by atoms with van der Waals surface area (Å²) in [5.41, 5.74) is 13.7. The molecule has 0 aliphatic carbocycles. The van der Waals surface area contributed by atoms with Gasteiger partial charge in [-0.2, -0.15) is 0 Å².